The van der Waals surface area contributed by atoms with Gasteiger partial charge in [0, 0.05) is 10.4 Å². The minimum Gasteiger partial charge on any atom is -0.496 e. The van der Waals surface area contributed by atoms with E-state index in [1.54, 1.807) is 7.11 Å². The molecule has 1 aromatic carbocycles. The summed E-state index contributed by atoms with van der Waals surface area (Å²) in [5.74, 6) is 0.801. The molecule has 0 saturated heterocycles. The van der Waals surface area contributed by atoms with Crippen LogP contribution in [0.1, 0.15) is 21.4 Å². The van der Waals surface area contributed by atoms with Gasteiger partial charge >= 0.3 is 0 Å². The van der Waals surface area contributed by atoms with Gasteiger partial charge in [0.25, 0.3) is 0 Å². The van der Waals surface area contributed by atoms with Crippen LogP contribution in [0.3, 0.4) is 0 Å². The van der Waals surface area contributed by atoms with Crippen molar-refractivity contribution in [1.29, 1.82) is 0 Å². The third kappa shape index (κ3) is 2.59. The molecule has 1 heterocycles. The lowest BCUT2D eigenvalue weighted by molar-refractivity contribution is 0.410. The molecule has 90 valence electrons. The summed E-state index contributed by atoms with van der Waals surface area (Å²) < 4.78 is 6.10. The number of hydrogen-bond donors (Lipinski definition) is 0. The first-order chi connectivity index (χ1) is 8.13. The Hall–Kier alpha value is -0.700. The van der Waals surface area contributed by atoms with Gasteiger partial charge in [-0.05, 0) is 24.6 Å². The average molecular weight is 287 g/mol. The van der Waals surface area contributed by atoms with E-state index in [0.29, 0.717) is 0 Å². The maximum Gasteiger partial charge on any atom is 0.123 e. The molecule has 1 aromatic heterocycles. The number of hydrogen-bond acceptors (Lipinski definition) is 2. The van der Waals surface area contributed by atoms with Crippen molar-refractivity contribution >= 4 is 34.5 Å². The maximum absolute atomic E-state index is 6.47. The van der Waals surface area contributed by atoms with E-state index in [1.807, 2.05) is 37.3 Å². The average Bonchev–Trinajstić information content (AvgIpc) is 2.68. The lowest BCUT2D eigenvalue weighted by Crippen LogP contribution is -1.95. The lowest BCUT2D eigenvalue weighted by atomic mass is 10.1. The van der Waals surface area contributed by atoms with E-state index < -0.39 is 0 Å². The highest BCUT2D eigenvalue weighted by molar-refractivity contribution is 7.16. The zero-order chi connectivity index (χ0) is 12.4. The van der Waals surface area contributed by atoms with Crippen molar-refractivity contribution in [3.8, 4) is 5.75 Å². The van der Waals surface area contributed by atoms with Gasteiger partial charge in [-0.2, -0.15) is 0 Å². The number of rotatable bonds is 3. The van der Waals surface area contributed by atoms with Crippen LogP contribution in [0.15, 0.2) is 30.3 Å². The van der Waals surface area contributed by atoms with Crippen molar-refractivity contribution in [2.24, 2.45) is 0 Å². The molecular formula is C13H12Cl2OS. The highest BCUT2D eigenvalue weighted by atomic mass is 35.5. The highest BCUT2D eigenvalue weighted by Gasteiger charge is 2.18. The number of thiophene rings is 1. The second-order valence-corrected chi connectivity index (χ2v) is 5.83. The Labute approximate surface area is 115 Å². The number of para-hydroxylation sites is 1. The van der Waals surface area contributed by atoms with Gasteiger partial charge in [0.05, 0.1) is 16.8 Å². The molecule has 1 nitrogen and oxygen atoms in total. The van der Waals surface area contributed by atoms with Crippen molar-refractivity contribution in [3.05, 3.63) is 50.7 Å². The summed E-state index contributed by atoms with van der Waals surface area (Å²) in [4.78, 5) is 1.04. The Kier molecular flexibility index (Phi) is 3.97. The molecule has 0 aliphatic rings. The summed E-state index contributed by atoms with van der Waals surface area (Å²) in [5, 5.41) is -0.220. The molecule has 1 atom stereocenters. The summed E-state index contributed by atoms with van der Waals surface area (Å²) >= 11 is 14.1. The number of benzene rings is 1. The first-order valence-corrected chi connectivity index (χ1v) is 6.79. The molecule has 0 fully saturated rings. The first kappa shape index (κ1) is 12.7. The normalized spacial score (nSPS) is 12.5. The van der Waals surface area contributed by atoms with Crippen LogP contribution in [0.4, 0.5) is 0 Å². The Balaban J connectivity index is 2.39. The molecule has 0 N–H and O–H groups in total. The standard InChI is InChI=1S/C13H12Cl2OS/c1-8-7-11(17-13(8)15)12(14)9-5-3-4-6-10(9)16-2/h3-7,12H,1-2H3. The molecule has 4 heteroatoms. The van der Waals surface area contributed by atoms with Gasteiger partial charge in [-0.3, -0.25) is 0 Å². The van der Waals surface area contributed by atoms with Gasteiger partial charge in [0.1, 0.15) is 5.75 Å². The Morgan fingerprint density at radius 2 is 2.00 bits per heavy atom. The summed E-state index contributed by atoms with van der Waals surface area (Å²) in [6, 6.07) is 9.79. The molecule has 2 aromatic rings. The monoisotopic (exact) mass is 286 g/mol. The van der Waals surface area contributed by atoms with Crippen LogP contribution in [0, 0.1) is 6.92 Å². The van der Waals surface area contributed by atoms with Gasteiger partial charge in [0.2, 0.25) is 0 Å². The smallest absolute Gasteiger partial charge is 0.123 e. The van der Waals surface area contributed by atoms with E-state index in [9.17, 15) is 0 Å². The zero-order valence-electron chi connectivity index (χ0n) is 9.54. The van der Waals surface area contributed by atoms with Gasteiger partial charge in [-0.25, -0.2) is 0 Å². The molecule has 2 rings (SSSR count). The second kappa shape index (κ2) is 5.30. The molecule has 0 amide bonds. The van der Waals surface area contributed by atoms with Gasteiger partial charge < -0.3 is 4.74 Å². The van der Waals surface area contributed by atoms with Crippen molar-refractivity contribution in [3.63, 3.8) is 0 Å². The third-order valence-corrected chi connectivity index (χ3v) is 4.76. The molecule has 0 saturated carbocycles. The van der Waals surface area contributed by atoms with Crippen LogP contribution in [-0.2, 0) is 0 Å². The van der Waals surface area contributed by atoms with Crippen LogP contribution in [0.2, 0.25) is 4.34 Å². The van der Waals surface area contributed by atoms with Gasteiger partial charge in [-0.15, -0.1) is 22.9 Å². The number of methoxy groups -OCH3 is 1. The van der Waals surface area contributed by atoms with Crippen molar-refractivity contribution in [2.75, 3.05) is 7.11 Å². The van der Waals surface area contributed by atoms with Gasteiger partial charge in [0.15, 0.2) is 0 Å². The van der Waals surface area contributed by atoms with Crippen molar-refractivity contribution < 1.29 is 4.74 Å². The summed E-state index contributed by atoms with van der Waals surface area (Å²) in [7, 11) is 1.65. The maximum atomic E-state index is 6.47. The number of aryl methyl sites for hydroxylation is 1. The van der Waals surface area contributed by atoms with Crippen molar-refractivity contribution in [1.82, 2.24) is 0 Å². The minimum atomic E-state index is -0.220. The second-order valence-electron chi connectivity index (χ2n) is 3.71. The molecule has 17 heavy (non-hydrogen) atoms. The number of ether oxygens (including phenoxy) is 1. The van der Waals surface area contributed by atoms with E-state index in [4.69, 9.17) is 27.9 Å². The molecule has 0 radical (unpaired) electrons. The van der Waals surface area contributed by atoms with Crippen LogP contribution in [0.5, 0.6) is 5.75 Å². The van der Waals surface area contributed by atoms with E-state index >= 15 is 0 Å². The van der Waals surface area contributed by atoms with Gasteiger partial charge in [-0.1, -0.05) is 29.8 Å². The first-order valence-electron chi connectivity index (χ1n) is 5.16. The van der Waals surface area contributed by atoms with Crippen LogP contribution >= 0.6 is 34.5 Å². The molecule has 0 aliphatic heterocycles. The van der Waals surface area contributed by atoms with E-state index in [-0.39, 0.29) is 5.38 Å². The van der Waals surface area contributed by atoms with E-state index in [0.717, 1.165) is 26.1 Å². The summed E-state index contributed by atoms with van der Waals surface area (Å²) in [6.45, 7) is 1.98. The third-order valence-electron chi connectivity index (χ3n) is 2.54. The fraction of sp³-hybridized carbons (Fsp3) is 0.231. The molecule has 0 bridgehead atoms. The highest BCUT2D eigenvalue weighted by Crippen LogP contribution is 2.40. The Morgan fingerprint density at radius 1 is 1.29 bits per heavy atom. The molecular weight excluding hydrogens is 275 g/mol. The van der Waals surface area contributed by atoms with E-state index in [2.05, 4.69) is 0 Å². The van der Waals surface area contributed by atoms with Crippen LogP contribution < -0.4 is 4.74 Å². The lowest BCUT2D eigenvalue weighted by Gasteiger charge is -2.12. The van der Waals surface area contributed by atoms with Crippen LogP contribution in [-0.4, -0.2) is 7.11 Å². The number of halogens is 2. The topological polar surface area (TPSA) is 9.23 Å². The van der Waals surface area contributed by atoms with Crippen molar-refractivity contribution in [2.45, 2.75) is 12.3 Å². The predicted molar refractivity (Wildman–Crippen MR) is 74.8 cm³/mol. The fourth-order valence-electron chi connectivity index (χ4n) is 1.64. The quantitative estimate of drug-likeness (QED) is 0.718. The van der Waals surface area contributed by atoms with E-state index in [1.165, 1.54) is 11.3 Å². The summed E-state index contributed by atoms with van der Waals surface area (Å²) in [6.07, 6.45) is 0. The molecule has 0 aliphatic carbocycles. The SMILES string of the molecule is COc1ccccc1C(Cl)c1cc(C)c(Cl)s1. The summed E-state index contributed by atoms with van der Waals surface area (Å²) in [5.41, 5.74) is 2.03. The number of alkyl halides is 1. The molecule has 0 spiro atoms. The van der Waals surface area contributed by atoms with Crippen LogP contribution in [0.25, 0.3) is 0 Å². The molecule has 1 unspecified atom stereocenters. The Bertz CT molecular complexity index is 502. The predicted octanol–water partition coefficient (Wildman–Crippen LogP) is 5.05. The fourth-order valence-corrected chi connectivity index (χ4v) is 3.23. The largest absolute Gasteiger partial charge is 0.496 e. The minimum absolute atomic E-state index is 0.220. The zero-order valence-corrected chi connectivity index (χ0v) is 11.9. The Morgan fingerprint density at radius 3 is 2.59 bits per heavy atom.